The molecule has 5 aliphatic carbocycles. The van der Waals surface area contributed by atoms with Gasteiger partial charge in [-0.25, -0.2) is 9.59 Å². The van der Waals surface area contributed by atoms with Gasteiger partial charge in [-0.3, -0.25) is 0 Å². The zero-order valence-electron chi connectivity index (χ0n) is 35.3. The molecule has 56 heavy (non-hydrogen) atoms. The fraction of sp³-hybridized carbons (Fsp3) is 0.600. The third-order valence-corrected chi connectivity index (χ3v) is 17.0. The minimum Gasteiger partial charge on any atom is -0.497 e. The van der Waals surface area contributed by atoms with Crippen LogP contribution < -0.4 is 9.47 Å². The highest BCUT2D eigenvalue weighted by Crippen LogP contribution is 2.77. The molecule has 7 rings (SSSR count). The third kappa shape index (κ3) is 6.85. The molecule has 10 atom stereocenters. The summed E-state index contributed by atoms with van der Waals surface area (Å²) in [4.78, 5) is 26.4. The molecule has 5 fully saturated rings. The van der Waals surface area contributed by atoms with Crippen molar-refractivity contribution >= 4 is 24.1 Å². The Labute approximate surface area is 336 Å². The summed E-state index contributed by atoms with van der Waals surface area (Å²) in [6.45, 7) is 19.9. The van der Waals surface area contributed by atoms with Gasteiger partial charge in [-0.2, -0.15) is 0 Å². The molecule has 0 bridgehead atoms. The normalized spacial score (nSPS) is 37.1. The fourth-order valence-electron chi connectivity index (χ4n) is 13.9. The summed E-state index contributed by atoms with van der Waals surface area (Å²) in [5.74, 6) is 3.65. The smallest absolute Gasteiger partial charge is 0.331 e. The lowest BCUT2D eigenvalue weighted by molar-refractivity contribution is -0.251. The molecule has 0 aliphatic heterocycles. The van der Waals surface area contributed by atoms with Gasteiger partial charge in [-0.15, -0.1) is 0 Å². The maximum absolute atomic E-state index is 13.2. The zero-order chi connectivity index (χ0) is 40.1. The lowest BCUT2D eigenvalue weighted by atomic mass is 9.32. The first-order chi connectivity index (χ1) is 26.6. The number of ether oxygens (including phenoxy) is 4. The molecule has 2 aromatic carbocycles. The topological polar surface area (TPSA) is 71.1 Å². The van der Waals surface area contributed by atoms with Crippen LogP contribution in [0.3, 0.4) is 0 Å². The molecule has 5 saturated carbocycles. The maximum atomic E-state index is 13.2. The van der Waals surface area contributed by atoms with E-state index >= 15 is 0 Å². The van der Waals surface area contributed by atoms with E-state index < -0.39 is 0 Å². The van der Waals surface area contributed by atoms with E-state index in [-0.39, 0.29) is 45.1 Å². The van der Waals surface area contributed by atoms with Crippen molar-refractivity contribution in [2.75, 3.05) is 20.8 Å². The van der Waals surface area contributed by atoms with E-state index in [0.29, 0.717) is 36.2 Å². The number of fused-ring (bicyclic) bond motifs is 7. The number of rotatable bonds is 10. The van der Waals surface area contributed by atoms with E-state index in [1.165, 1.54) is 31.3 Å². The summed E-state index contributed by atoms with van der Waals surface area (Å²) < 4.78 is 23.1. The quantitative estimate of drug-likeness (QED) is 0.136. The van der Waals surface area contributed by atoms with Gasteiger partial charge in [0, 0.05) is 23.0 Å². The molecule has 0 spiro atoms. The first-order valence-electron chi connectivity index (χ1n) is 21.3. The highest BCUT2D eigenvalue weighted by Gasteiger charge is 2.71. The van der Waals surface area contributed by atoms with Crippen molar-refractivity contribution in [3.8, 4) is 11.5 Å². The Balaban J connectivity index is 1.06. The van der Waals surface area contributed by atoms with Crippen LogP contribution in [0.2, 0.25) is 0 Å². The number of hydrogen-bond donors (Lipinski definition) is 0. The van der Waals surface area contributed by atoms with E-state index in [1.54, 1.807) is 26.4 Å². The second kappa shape index (κ2) is 15.2. The van der Waals surface area contributed by atoms with Crippen molar-refractivity contribution in [1.29, 1.82) is 0 Å². The maximum Gasteiger partial charge on any atom is 0.331 e. The summed E-state index contributed by atoms with van der Waals surface area (Å²) >= 11 is 0. The summed E-state index contributed by atoms with van der Waals surface area (Å²) in [6.07, 6.45) is 18.0. The zero-order valence-corrected chi connectivity index (χ0v) is 35.3. The molecule has 0 aromatic heterocycles. The van der Waals surface area contributed by atoms with Crippen LogP contribution in [0.15, 0.2) is 72.8 Å². The Morgan fingerprint density at radius 2 is 1.30 bits per heavy atom. The Morgan fingerprint density at radius 1 is 0.696 bits per heavy atom. The molecule has 0 N–H and O–H groups in total. The van der Waals surface area contributed by atoms with E-state index in [0.717, 1.165) is 61.2 Å². The molecule has 6 nitrogen and oxygen atoms in total. The molecular weight excluding hydrogens is 697 g/mol. The van der Waals surface area contributed by atoms with Crippen molar-refractivity contribution in [2.24, 2.45) is 56.7 Å². The molecule has 302 valence electrons. The Hall–Kier alpha value is -3.80. The minimum atomic E-state index is -0.264. The van der Waals surface area contributed by atoms with Crippen LogP contribution >= 0.6 is 0 Å². The third-order valence-electron chi connectivity index (χ3n) is 17.0. The predicted molar refractivity (Wildman–Crippen MR) is 224 cm³/mol. The molecule has 0 saturated heterocycles. The molecule has 5 aliphatic rings. The van der Waals surface area contributed by atoms with Crippen LogP contribution in [0.4, 0.5) is 0 Å². The number of carbonyl (C=O) groups excluding carboxylic acids is 2. The number of esters is 2. The molecule has 6 heteroatoms. The molecular formula is C50H66O6. The number of hydrogen-bond acceptors (Lipinski definition) is 6. The molecule has 0 heterocycles. The van der Waals surface area contributed by atoms with E-state index in [1.807, 2.05) is 60.7 Å². The number of benzene rings is 2. The average molecular weight is 763 g/mol. The highest BCUT2D eigenvalue weighted by atomic mass is 16.5. The number of allylic oxidation sites excluding steroid dienone is 1. The molecule has 0 radical (unpaired) electrons. The van der Waals surface area contributed by atoms with E-state index in [9.17, 15) is 9.59 Å². The van der Waals surface area contributed by atoms with Gasteiger partial charge in [0.1, 0.15) is 17.6 Å². The van der Waals surface area contributed by atoms with Crippen LogP contribution in [0.25, 0.3) is 12.2 Å². The van der Waals surface area contributed by atoms with Crippen LogP contribution in [-0.4, -0.2) is 38.9 Å². The van der Waals surface area contributed by atoms with Crippen LogP contribution in [0, 0.1) is 56.7 Å². The first kappa shape index (κ1) is 40.4. The van der Waals surface area contributed by atoms with Crippen molar-refractivity contribution < 1.29 is 28.5 Å². The standard InChI is InChI=1S/C50H66O6/c1-33(2)38-24-29-50(32-55-43(51)22-14-34-10-16-36(53-8)17-11-34)31-30-48(6)39(45(38)50)20-21-41-47(5)27-26-42(46(3,4)40(47)25-28-49(41,48)7)56-44(52)23-15-35-12-18-37(54-9)19-13-35/h10-19,22-23,38-42,45H,1,20-21,24-32H2,2-9H3/b22-14+,23-15+/t38-,39?,40?,41+,42-,45-,47-,48+,49+,50+/m0/s1. The second-order valence-electron chi connectivity index (χ2n) is 19.7. The van der Waals surface area contributed by atoms with Crippen LogP contribution in [0.1, 0.15) is 117 Å². The summed E-state index contributed by atoms with van der Waals surface area (Å²) in [5.41, 5.74) is 3.62. The second-order valence-corrected chi connectivity index (χ2v) is 19.7. The average Bonchev–Trinajstić information content (AvgIpc) is 3.57. The SMILES string of the molecule is C=C(C)[C@@H]1CC[C@]2(COC(=O)/C=C/c3ccc(OC)cc3)CC[C@]3(C)C(CC[C@@H]4[C@@]5(C)CC[C@H](OC(=O)/C=C/c6ccc(OC)cc6)C(C)(C)C5CC[C@]43C)[C@H]12. The van der Waals surface area contributed by atoms with E-state index in [4.69, 9.17) is 18.9 Å². The summed E-state index contributed by atoms with van der Waals surface area (Å²) in [5, 5.41) is 0. The minimum absolute atomic E-state index is 0.00649. The van der Waals surface area contributed by atoms with Crippen LogP contribution in [0.5, 0.6) is 11.5 Å². The highest BCUT2D eigenvalue weighted by molar-refractivity contribution is 5.87. The van der Waals surface area contributed by atoms with Gasteiger partial charge in [0.15, 0.2) is 0 Å². The number of carbonyl (C=O) groups is 2. The predicted octanol–water partition coefficient (Wildman–Crippen LogP) is 11.5. The molecule has 2 aromatic rings. The van der Waals surface area contributed by atoms with E-state index in [2.05, 4.69) is 48.1 Å². The van der Waals surface area contributed by atoms with Gasteiger partial charge in [0.2, 0.25) is 0 Å². The van der Waals surface area contributed by atoms with Crippen molar-refractivity contribution in [2.45, 2.75) is 112 Å². The first-order valence-corrected chi connectivity index (χ1v) is 21.3. The van der Waals surface area contributed by atoms with Gasteiger partial charge < -0.3 is 18.9 Å². The van der Waals surface area contributed by atoms with Gasteiger partial charge in [-0.05, 0) is 165 Å². The van der Waals surface area contributed by atoms with Gasteiger partial charge in [0.25, 0.3) is 0 Å². The fourth-order valence-corrected chi connectivity index (χ4v) is 13.9. The van der Waals surface area contributed by atoms with Crippen LogP contribution in [-0.2, 0) is 19.1 Å². The Morgan fingerprint density at radius 3 is 1.89 bits per heavy atom. The Bertz CT molecular complexity index is 1840. The van der Waals surface area contributed by atoms with Gasteiger partial charge in [0.05, 0.1) is 20.8 Å². The summed E-state index contributed by atoms with van der Waals surface area (Å²) in [7, 11) is 3.31. The Kier molecular flexibility index (Phi) is 10.9. The lowest BCUT2D eigenvalue weighted by Gasteiger charge is -2.73. The van der Waals surface area contributed by atoms with Crippen molar-refractivity contribution in [3.63, 3.8) is 0 Å². The monoisotopic (exact) mass is 762 g/mol. The van der Waals surface area contributed by atoms with Gasteiger partial charge >= 0.3 is 11.9 Å². The number of methoxy groups -OCH3 is 2. The van der Waals surface area contributed by atoms with Crippen molar-refractivity contribution in [3.05, 3.63) is 84.0 Å². The van der Waals surface area contributed by atoms with Gasteiger partial charge in [-0.1, -0.05) is 71.0 Å². The summed E-state index contributed by atoms with van der Waals surface area (Å²) in [6, 6.07) is 15.4. The molecule has 2 unspecified atom stereocenters. The van der Waals surface area contributed by atoms with Crippen molar-refractivity contribution in [1.82, 2.24) is 0 Å². The largest absolute Gasteiger partial charge is 0.497 e. The lowest BCUT2D eigenvalue weighted by Crippen LogP contribution is -2.67. The molecule has 0 amide bonds.